The summed E-state index contributed by atoms with van der Waals surface area (Å²) in [5, 5.41) is 4.92. The van der Waals surface area contributed by atoms with Crippen molar-refractivity contribution in [2.75, 3.05) is 0 Å². The smallest absolute Gasteiger partial charge is 0.343 e. The van der Waals surface area contributed by atoms with Crippen LogP contribution in [0.5, 0.6) is 11.5 Å². The number of carbonyl (C=O) groups is 3. The average molecular weight is 612 g/mol. The van der Waals surface area contributed by atoms with Gasteiger partial charge in [-0.1, -0.05) is 45.2 Å². The lowest BCUT2D eigenvalue weighted by Gasteiger charge is -2.11. The predicted molar refractivity (Wildman–Crippen MR) is 148 cm³/mol. The van der Waals surface area contributed by atoms with Crippen molar-refractivity contribution >= 4 is 63.2 Å². The molecule has 38 heavy (non-hydrogen) atoms. The molecule has 0 bridgehead atoms. The number of hydrogen-bond donors (Lipinski definition) is 1. The van der Waals surface area contributed by atoms with Crippen LogP contribution in [-0.2, 0) is 0 Å². The van der Waals surface area contributed by atoms with E-state index in [2.05, 4.69) is 26.5 Å². The number of halogens is 3. The van der Waals surface area contributed by atoms with Gasteiger partial charge in [0.05, 0.1) is 17.3 Å². The summed E-state index contributed by atoms with van der Waals surface area (Å²) in [6.07, 6.45) is 1.31. The molecule has 1 N–H and O–H groups in total. The molecule has 0 spiro atoms. The number of ether oxygens (including phenoxy) is 2. The van der Waals surface area contributed by atoms with E-state index >= 15 is 0 Å². The summed E-state index contributed by atoms with van der Waals surface area (Å²) in [5.74, 6) is -1.56. The Morgan fingerprint density at radius 2 is 1.34 bits per heavy atom. The highest BCUT2D eigenvalue weighted by atomic mass is 79.9. The van der Waals surface area contributed by atoms with Gasteiger partial charge in [0, 0.05) is 31.7 Å². The second-order valence-electron chi connectivity index (χ2n) is 7.70. The van der Waals surface area contributed by atoms with E-state index in [0.717, 1.165) is 4.47 Å². The average Bonchev–Trinajstić information content (AvgIpc) is 2.90. The number of hydrazone groups is 1. The molecule has 10 heteroatoms. The van der Waals surface area contributed by atoms with Gasteiger partial charge in [-0.25, -0.2) is 15.0 Å². The molecular formula is C28H17BrCl2N2O5. The molecule has 4 rings (SSSR count). The highest BCUT2D eigenvalue weighted by molar-refractivity contribution is 9.10. The molecule has 4 aromatic rings. The van der Waals surface area contributed by atoms with Crippen molar-refractivity contribution in [2.45, 2.75) is 0 Å². The Balaban J connectivity index is 1.56. The van der Waals surface area contributed by atoms with Crippen LogP contribution in [0.2, 0.25) is 10.0 Å². The van der Waals surface area contributed by atoms with Gasteiger partial charge in [0.25, 0.3) is 5.91 Å². The molecule has 0 fully saturated rings. The maximum Gasteiger partial charge on any atom is 0.343 e. The van der Waals surface area contributed by atoms with Crippen LogP contribution in [0.4, 0.5) is 0 Å². The lowest BCUT2D eigenvalue weighted by atomic mass is 10.2. The molecule has 0 aliphatic heterocycles. The molecule has 7 nitrogen and oxygen atoms in total. The van der Waals surface area contributed by atoms with E-state index in [0.29, 0.717) is 21.2 Å². The number of hydrogen-bond acceptors (Lipinski definition) is 6. The third-order valence-corrected chi connectivity index (χ3v) is 6.01. The lowest BCUT2D eigenvalue weighted by Crippen LogP contribution is -2.17. The first-order valence-corrected chi connectivity index (χ1v) is 12.5. The largest absolute Gasteiger partial charge is 0.423 e. The Kier molecular flexibility index (Phi) is 8.91. The topological polar surface area (TPSA) is 94.1 Å². The molecule has 0 saturated heterocycles. The third-order valence-electron chi connectivity index (χ3n) is 5.01. The molecule has 0 aromatic heterocycles. The Labute approximate surface area is 236 Å². The van der Waals surface area contributed by atoms with E-state index in [1.54, 1.807) is 48.5 Å². The van der Waals surface area contributed by atoms with Gasteiger partial charge in [-0.05, 0) is 78.9 Å². The van der Waals surface area contributed by atoms with Crippen molar-refractivity contribution in [2.24, 2.45) is 5.10 Å². The van der Waals surface area contributed by atoms with E-state index in [9.17, 15) is 14.4 Å². The molecular weight excluding hydrogens is 595 g/mol. The van der Waals surface area contributed by atoms with Crippen LogP contribution in [-0.4, -0.2) is 24.1 Å². The molecule has 190 valence electrons. The summed E-state index contributed by atoms with van der Waals surface area (Å²) >= 11 is 15.1. The lowest BCUT2D eigenvalue weighted by molar-refractivity contribution is 0.0732. The van der Waals surface area contributed by atoms with Crippen LogP contribution >= 0.6 is 39.1 Å². The summed E-state index contributed by atoms with van der Waals surface area (Å²) in [6, 6.07) is 23.6. The molecule has 0 radical (unpaired) electrons. The van der Waals surface area contributed by atoms with Crippen molar-refractivity contribution in [3.05, 3.63) is 128 Å². The molecule has 0 atom stereocenters. The number of nitrogens with one attached hydrogen (secondary N) is 1. The highest BCUT2D eigenvalue weighted by Gasteiger charge is 2.15. The second-order valence-corrected chi connectivity index (χ2v) is 9.49. The van der Waals surface area contributed by atoms with Gasteiger partial charge in [-0.2, -0.15) is 5.10 Å². The summed E-state index contributed by atoms with van der Waals surface area (Å²) in [4.78, 5) is 37.7. The number of nitrogens with zero attached hydrogens (tertiary/aromatic N) is 1. The van der Waals surface area contributed by atoms with Crippen LogP contribution in [0.15, 0.2) is 101 Å². The Morgan fingerprint density at radius 3 is 1.95 bits per heavy atom. The van der Waals surface area contributed by atoms with Crippen molar-refractivity contribution in [3.8, 4) is 11.5 Å². The Hall–Kier alpha value is -3.98. The predicted octanol–water partition coefficient (Wildman–Crippen LogP) is 6.96. The zero-order chi connectivity index (χ0) is 27.1. The second kappa shape index (κ2) is 12.5. The zero-order valence-electron chi connectivity index (χ0n) is 19.4. The molecule has 0 unspecified atom stereocenters. The summed E-state index contributed by atoms with van der Waals surface area (Å²) in [6.45, 7) is 0. The fourth-order valence-electron chi connectivity index (χ4n) is 3.12. The van der Waals surface area contributed by atoms with Crippen molar-refractivity contribution in [3.63, 3.8) is 0 Å². The van der Waals surface area contributed by atoms with Gasteiger partial charge in [-0.3, -0.25) is 4.79 Å². The maximum atomic E-state index is 12.8. The number of rotatable bonds is 7. The molecule has 0 aliphatic rings. The number of esters is 2. The summed E-state index contributed by atoms with van der Waals surface area (Å²) in [7, 11) is 0. The van der Waals surface area contributed by atoms with Crippen molar-refractivity contribution in [1.29, 1.82) is 0 Å². The summed E-state index contributed by atoms with van der Waals surface area (Å²) < 4.78 is 11.8. The number of amides is 1. The van der Waals surface area contributed by atoms with Crippen LogP contribution in [0, 0.1) is 0 Å². The van der Waals surface area contributed by atoms with Gasteiger partial charge >= 0.3 is 11.9 Å². The summed E-state index contributed by atoms with van der Waals surface area (Å²) in [5.41, 5.74) is 3.70. The third kappa shape index (κ3) is 7.29. The quantitative estimate of drug-likeness (QED) is 0.106. The Morgan fingerprint density at radius 1 is 0.737 bits per heavy atom. The minimum Gasteiger partial charge on any atom is -0.423 e. The first-order chi connectivity index (χ1) is 18.3. The minimum atomic E-state index is -0.671. The van der Waals surface area contributed by atoms with Crippen molar-refractivity contribution in [1.82, 2.24) is 5.43 Å². The zero-order valence-corrected chi connectivity index (χ0v) is 22.5. The van der Waals surface area contributed by atoms with Crippen LogP contribution in [0.3, 0.4) is 0 Å². The van der Waals surface area contributed by atoms with E-state index in [1.807, 2.05) is 0 Å². The van der Waals surface area contributed by atoms with Gasteiger partial charge in [0.1, 0.15) is 11.5 Å². The molecule has 0 aliphatic carbocycles. The van der Waals surface area contributed by atoms with Gasteiger partial charge in [0.2, 0.25) is 0 Å². The monoisotopic (exact) mass is 610 g/mol. The number of benzene rings is 4. The standard InChI is InChI=1S/C28H17BrCl2N2O5/c29-21-3-1-2-19(14-21)26(34)33-32-16-20-8-13-24(37-27(35)17-4-9-22(30)10-5-17)15-25(20)38-28(36)18-6-11-23(31)12-7-18/h1-16H,(H,33,34). The fraction of sp³-hybridized carbons (Fsp3) is 0. The van der Waals surface area contributed by atoms with E-state index in [4.69, 9.17) is 32.7 Å². The van der Waals surface area contributed by atoms with Gasteiger partial charge in [-0.15, -0.1) is 0 Å². The van der Waals surface area contributed by atoms with Gasteiger partial charge < -0.3 is 9.47 Å². The normalized spacial score (nSPS) is 10.7. The van der Waals surface area contributed by atoms with E-state index < -0.39 is 17.8 Å². The molecule has 0 saturated carbocycles. The molecule has 4 aromatic carbocycles. The van der Waals surface area contributed by atoms with E-state index in [-0.39, 0.29) is 22.6 Å². The first kappa shape index (κ1) is 27.1. The highest BCUT2D eigenvalue weighted by Crippen LogP contribution is 2.26. The minimum absolute atomic E-state index is 0.0480. The SMILES string of the molecule is O=C(NN=Cc1ccc(OC(=O)c2ccc(Cl)cc2)cc1OC(=O)c1ccc(Cl)cc1)c1cccc(Br)c1. The van der Waals surface area contributed by atoms with E-state index in [1.165, 1.54) is 48.7 Å². The van der Waals surface area contributed by atoms with Crippen LogP contribution < -0.4 is 14.9 Å². The van der Waals surface area contributed by atoms with Crippen LogP contribution in [0.25, 0.3) is 0 Å². The maximum absolute atomic E-state index is 12.8. The molecule has 1 amide bonds. The first-order valence-electron chi connectivity index (χ1n) is 11.0. The van der Waals surface area contributed by atoms with Gasteiger partial charge in [0.15, 0.2) is 0 Å². The molecule has 0 heterocycles. The van der Waals surface area contributed by atoms with Crippen LogP contribution in [0.1, 0.15) is 36.6 Å². The fourth-order valence-corrected chi connectivity index (χ4v) is 3.78. The Bertz CT molecular complexity index is 1520. The van der Waals surface area contributed by atoms with Crippen molar-refractivity contribution < 1.29 is 23.9 Å². The number of carbonyl (C=O) groups excluding carboxylic acids is 3.